The summed E-state index contributed by atoms with van der Waals surface area (Å²) in [7, 11) is 0. The van der Waals surface area contributed by atoms with Crippen molar-refractivity contribution in [1.82, 2.24) is 9.88 Å². The number of thioether (sulfide) groups is 2. The van der Waals surface area contributed by atoms with E-state index in [1.807, 2.05) is 12.3 Å². The van der Waals surface area contributed by atoms with Crippen molar-refractivity contribution in [2.24, 2.45) is 0 Å². The van der Waals surface area contributed by atoms with E-state index in [1.165, 1.54) is 17.8 Å². The topological polar surface area (TPSA) is 59.5 Å². The van der Waals surface area contributed by atoms with Crippen molar-refractivity contribution >= 4 is 46.7 Å². The maximum atomic E-state index is 11.9. The number of thiazole rings is 1. The highest BCUT2D eigenvalue weighted by Gasteiger charge is 2.27. The molecule has 1 fully saturated rings. The lowest BCUT2D eigenvalue weighted by Crippen LogP contribution is -2.27. The zero-order valence-corrected chi connectivity index (χ0v) is 14.3. The Bertz CT molecular complexity index is 557. The molecule has 0 spiro atoms. The average molecular weight is 344 g/mol. The lowest BCUT2D eigenvalue weighted by atomic mass is 10.5. The third-order valence-electron chi connectivity index (χ3n) is 2.58. The second-order valence-electron chi connectivity index (χ2n) is 4.17. The Balaban J connectivity index is 1.89. The smallest absolute Gasteiger partial charge is 0.333 e. The summed E-state index contributed by atoms with van der Waals surface area (Å²) in [5, 5.41) is 2.68. The van der Waals surface area contributed by atoms with Crippen LogP contribution in [0.1, 0.15) is 12.6 Å². The maximum Gasteiger partial charge on any atom is 0.333 e. The van der Waals surface area contributed by atoms with Gasteiger partial charge in [-0.1, -0.05) is 23.5 Å². The fourth-order valence-corrected chi connectivity index (χ4v) is 4.48. The van der Waals surface area contributed by atoms with Crippen molar-refractivity contribution in [3.8, 4) is 0 Å². The van der Waals surface area contributed by atoms with Crippen molar-refractivity contribution in [3.05, 3.63) is 22.2 Å². The van der Waals surface area contributed by atoms with Gasteiger partial charge in [0.25, 0.3) is 0 Å². The molecule has 0 aromatic carbocycles. The van der Waals surface area contributed by atoms with Crippen LogP contribution in [0.4, 0.5) is 0 Å². The molecule has 0 N–H and O–H groups in total. The summed E-state index contributed by atoms with van der Waals surface area (Å²) in [5.41, 5.74) is 1.01. The molecule has 0 radical (unpaired) electrons. The number of hydrogen-bond donors (Lipinski definition) is 0. The van der Waals surface area contributed by atoms with E-state index >= 15 is 0 Å². The molecular weight excluding hydrogens is 328 g/mol. The van der Waals surface area contributed by atoms with E-state index < -0.39 is 5.97 Å². The van der Waals surface area contributed by atoms with Gasteiger partial charge in [-0.25, -0.2) is 9.78 Å². The first kappa shape index (κ1) is 16.4. The van der Waals surface area contributed by atoms with Crippen LogP contribution in [0.3, 0.4) is 0 Å². The van der Waals surface area contributed by atoms with E-state index in [2.05, 4.69) is 4.98 Å². The van der Waals surface area contributed by atoms with E-state index in [1.54, 1.807) is 34.9 Å². The number of ether oxygens (including phenoxy) is 1. The van der Waals surface area contributed by atoms with Crippen LogP contribution in [-0.4, -0.2) is 46.4 Å². The molecular formula is C13H16N2O3S3. The van der Waals surface area contributed by atoms with Crippen molar-refractivity contribution < 1.29 is 14.3 Å². The first-order valence-electron chi connectivity index (χ1n) is 6.46. The molecule has 1 aromatic heterocycles. The molecule has 1 amide bonds. The molecule has 0 atom stereocenters. The van der Waals surface area contributed by atoms with Crippen LogP contribution in [-0.2, 0) is 14.3 Å². The number of carbonyl (C=O) groups excluding carboxylic acids is 2. The molecule has 5 nitrogen and oxygen atoms in total. The van der Waals surface area contributed by atoms with Gasteiger partial charge in [0.1, 0.15) is 4.34 Å². The fraction of sp³-hybridized carbons (Fsp3) is 0.462. The van der Waals surface area contributed by atoms with Crippen molar-refractivity contribution in [2.75, 3.05) is 24.7 Å². The number of nitrogens with zero attached hydrogens (tertiary/aromatic N) is 2. The van der Waals surface area contributed by atoms with Crippen molar-refractivity contribution in [2.45, 2.75) is 18.2 Å². The SMILES string of the molecule is CCOC(=O)C=C1SCC(=O)N1CCSc1nc(C)cs1. The summed E-state index contributed by atoms with van der Waals surface area (Å²) in [4.78, 5) is 29.4. The minimum atomic E-state index is -0.400. The quantitative estimate of drug-likeness (QED) is 0.449. The number of aromatic nitrogens is 1. The Hall–Kier alpha value is -0.990. The van der Waals surface area contributed by atoms with Crippen molar-refractivity contribution in [1.29, 1.82) is 0 Å². The molecule has 2 heterocycles. The zero-order chi connectivity index (χ0) is 15.2. The molecule has 1 aliphatic heterocycles. The number of amides is 1. The summed E-state index contributed by atoms with van der Waals surface area (Å²) >= 11 is 4.61. The average Bonchev–Trinajstić information content (AvgIpc) is 2.99. The molecule has 114 valence electrons. The third-order valence-corrected chi connectivity index (χ3v) is 5.72. The number of aryl methyl sites for hydroxylation is 1. The first-order chi connectivity index (χ1) is 10.1. The van der Waals surface area contributed by atoms with Crippen LogP contribution in [0, 0.1) is 6.92 Å². The van der Waals surface area contributed by atoms with Gasteiger partial charge in [0.05, 0.1) is 23.5 Å². The van der Waals surface area contributed by atoms with Crippen LogP contribution in [0.2, 0.25) is 0 Å². The van der Waals surface area contributed by atoms with Crippen molar-refractivity contribution in [3.63, 3.8) is 0 Å². The second-order valence-corrected chi connectivity index (χ2v) is 7.37. The summed E-state index contributed by atoms with van der Waals surface area (Å²) in [5.74, 6) is 0.764. The molecule has 0 bridgehead atoms. The second kappa shape index (κ2) is 7.86. The molecule has 1 saturated heterocycles. The van der Waals surface area contributed by atoms with Gasteiger partial charge in [0, 0.05) is 23.4 Å². The van der Waals surface area contributed by atoms with Crippen LogP contribution in [0.25, 0.3) is 0 Å². The summed E-state index contributed by atoms with van der Waals surface area (Å²) in [6.07, 6.45) is 1.40. The number of esters is 1. The van der Waals surface area contributed by atoms with E-state index in [0.717, 1.165) is 15.8 Å². The minimum Gasteiger partial charge on any atom is -0.463 e. The highest BCUT2D eigenvalue weighted by molar-refractivity contribution is 8.04. The predicted molar refractivity (Wildman–Crippen MR) is 86.5 cm³/mol. The fourth-order valence-electron chi connectivity index (χ4n) is 1.68. The van der Waals surface area contributed by atoms with E-state index in [9.17, 15) is 9.59 Å². The molecule has 1 aromatic rings. The summed E-state index contributed by atoms with van der Waals surface area (Å²) in [6.45, 7) is 4.62. The Kier molecular flexibility index (Phi) is 6.13. The Morgan fingerprint density at radius 3 is 3.10 bits per heavy atom. The largest absolute Gasteiger partial charge is 0.463 e. The Morgan fingerprint density at radius 2 is 2.43 bits per heavy atom. The van der Waals surface area contributed by atoms with Gasteiger partial charge < -0.3 is 9.64 Å². The van der Waals surface area contributed by atoms with E-state index in [4.69, 9.17) is 4.74 Å². The number of hydrogen-bond acceptors (Lipinski definition) is 7. The molecule has 0 aliphatic carbocycles. The van der Waals surface area contributed by atoms with Gasteiger partial charge >= 0.3 is 5.97 Å². The first-order valence-corrected chi connectivity index (χ1v) is 9.31. The van der Waals surface area contributed by atoms with E-state index in [0.29, 0.717) is 23.9 Å². The summed E-state index contributed by atoms with van der Waals surface area (Å²) in [6, 6.07) is 0. The Morgan fingerprint density at radius 1 is 1.62 bits per heavy atom. The van der Waals surface area contributed by atoms with Crippen LogP contribution in [0.15, 0.2) is 20.8 Å². The lowest BCUT2D eigenvalue weighted by molar-refractivity contribution is -0.137. The molecule has 0 unspecified atom stereocenters. The van der Waals surface area contributed by atoms with Gasteiger partial charge in [-0.15, -0.1) is 11.3 Å². The monoisotopic (exact) mass is 344 g/mol. The van der Waals surface area contributed by atoms with Gasteiger partial charge in [-0.3, -0.25) is 4.79 Å². The number of carbonyl (C=O) groups is 2. The van der Waals surface area contributed by atoms with Crippen LogP contribution in [0.5, 0.6) is 0 Å². The highest BCUT2D eigenvalue weighted by atomic mass is 32.2. The van der Waals surface area contributed by atoms with Gasteiger partial charge in [-0.2, -0.15) is 0 Å². The molecule has 8 heteroatoms. The normalized spacial score (nSPS) is 16.8. The minimum absolute atomic E-state index is 0.0338. The third kappa shape index (κ3) is 4.76. The number of rotatable bonds is 6. The zero-order valence-electron chi connectivity index (χ0n) is 11.8. The highest BCUT2D eigenvalue weighted by Crippen LogP contribution is 2.30. The van der Waals surface area contributed by atoms with Gasteiger partial charge in [-0.05, 0) is 13.8 Å². The van der Waals surface area contributed by atoms with E-state index in [-0.39, 0.29) is 5.91 Å². The molecule has 21 heavy (non-hydrogen) atoms. The van der Waals surface area contributed by atoms with Gasteiger partial charge in [0.2, 0.25) is 5.91 Å². The molecule has 2 rings (SSSR count). The summed E-state index contributed by atoms with van der Waals surface area (Å²) < 4.78 is 5.89. The lowest BCUT2D eigenvalue weighted by Gasteiger charge is -2.16. The maximum absolute atomic E-state index is 11.9. The van der Waals surface area contributed by atoms with Crippen LogP contribution < -0.4 is 0 Å². The standard InChI is InChI=1S/C13H16N2O3S3/c1-3-18-12(17)6-11-15(10(16)8-20-11)4-5-19-13-14-9(2)7-21-13/h6-7H,3-5,8H2,1-2H3. The van der Waals surface area contributed by atoms with Crippen LogP contribution >= 0.6 is 34.9 Å². The molecule has 0 saturated carbocycles. The molecule has 1 aliphatic rings. The van der Waals surface area contributed by atoms with Gasteiger partial charge in [0.15, 0.2) is 0 Å². The Labute approximate surface area is 136 Å². The predicted octanol–water partition coefficient (Wildman–Crippen LogP) is 2.52.